The van der Waals surface area contributed by atoms with E-state index >= 15 is 0 Å². The number of dihydropyridines is 1. The topological polar surface area (TPSA) is 66.0 Å². The maximum absolute atomic E-state index is 8.57. The molecule has 0 spiro atoms. The average molecular weight is 341 g/mol. The lowest BCUT2D eigenvalue weighted by Gasteiger charge is -2.30. The molecular formula is C19H21N6. The summed E-state index contributed by atoms with van der Waals surface area (Å²) in [5.41, 5.74) is 1.62. The predicted molar refractivity (Wildman–Crippen MR) is 98.2 cm³/mol. The van der Waals surface area contributed by atoms with Gasteiger partial charge in [0.2, 0.25) is 0 Å². The Kier molecular flexibility index (Phi) is 2.14. The molecule has 6 nitrogen and oxygen atoms in total. The van der Waals surface area contributed by atoms with Gasteiger partial charge in [0.25, 0.3) is 0 Å². The Morgan fingerprint density at radius 3 is 2.84 bits per heavy atom. The fraction of sp³-hybridized carbons (Fsp3) is 0.421. The molecule has 2 fully saturated rings. The van der Waals surface area contributed by atoms with E-state index in [0.29, 0.717) is 33.5 Å². The molecule has 25 heavy (non-hydrogen) atoms. The van der Waals surface area contributed by atoms with Crippen LogP contribution < -0.4 is 15.5 Å². The number of aromatic nitrogens is 3. The van der Waals surface area contributed by atoms with E-state index in [1.54, 1.807) is 18.3 Å². The van der Waals surface area contributed by atoms with Crippen molar-refractivity contribution in [2.24, 2.45) is 0 Å². The molecule has 2 aromatic heterocycles. The molecule has 1 saturated heterocycles. The molecule has 6 heteroatoms. The van der Waals surface area contributed by atoms with Gasteiger partial charge in [-0.25, -0.2) is 9.97 Å². The molecular weight excluding hydrogens is 312 g/mol. The van der Waals surface area contributed by atoms with Gasteiger partial charge in [-0.05, 0) is 30.4 Å². The van der Waals surface area contributed by atoms with E-state index in [0.717, 1.165) is 12.8 Å². The summed E-state index contributed by atoms with van der Waals surface area (Å²) in [6, 6.07) is 0. The zero-order valence-electron chi connectivity index (χ0n) is 21.3. The normalized spacial score (nSPS) is 33.3. The van der Waals surface area contributed by atoms with Crippen LogP contribution in [0.4, 0.5) is 5.82 Å². The van der Waals surface area contributed by atoms with Crippen molar-refractivity contribution in [1.82, 2.24) is 25.6 Å². The molecule has 1 aliphatic carbocycles. The van der Waals surface area contributed by atoms with Crippen molar-refractivity contribution < 1.29 is 11.0 Å². The van der Waals surface area contributed by atoms with Crippen molar-refractivity contribution in [3.05, 3.63) is 42.1 Å². The number of hydrogen-bond donors (Lipinski definition) is 2. The number of piperazine rings is 1. The molecule has 3 aliphatic rings. The summed E-state index contributed by atoms with van der Waals surface area (Å²) in [6.45, 7) is -11.4. The standard InChI is InChI=1S/C19H21N6/c1-2-13(1)15-11-22-12-16-17(15)19(25-9-7-21-8-10-25)24-18(23-16)14-3-5-20-6-4-14/h3-4,11-13,20-21H,1-2,5,7-10H2/i7D2,8D2,9D2,10D2. The largest absolute Gasteiger partial charge is 0.380 e. The molecule has 2 N–H and O–H groups in total. The van der Waals surface area contributed by atoms with Crippen LogP contribution >= 0.6 is 0 Å². The van der Waals surface area contributed by atoms with Gasteiger partial charge in [0.15, 0.2) is 5.82 Å². The van der Waals surface area contributed by atoms with Crippen LogP contribution in [0, 0.1) is 6.20 Å². The number of allylic oxidation sites excluding steroid dienone is 2. The lowest BCUT2D eigenvalue weighted by atomic mass is 10.1. The van der Waals surface area contributed by atoms with Gasteiger partial charge in [-0.1, -0.05) is 6.08 Å². The van der Waals surface area contributed by atoms with Crippen molar-refractivity contribution in [1.29, 1.82) is 0 Å². The van der Waals surface area contributed by atoms with Crippen LogP contribution in [-0.4, -0.2) is 47.5 Å². The van der Waals surface area contributed by atoms with Gasteiger partial charge >= 0.3 is 0 Å². The summed E-state index contributed by atoms with van der Waals surface area (Å²) < 4.78 is 67.0. The van der Waals surface area contributed by atoms with Gasteiger partial charge in [-0.15, -0.1) is 0 Å². The van der Waals surface area contributed by atoms with Gasteiger partial charge in [0, 0.05) is 55.2 Å². The third-order valence-corrected chi connectivity index (χ3v) is 4.32. The quantitative estimate of drug-likeness (QED) is 0.884. The Bertz CT molecular complexity index is 1160. The highest BCUT2D eigenvalue weighted by atomic mass is 15.2. The first-order valence-electron chi connectivity index (χ1n) is 12.1. The van der Waals surface area contributed by atoms with E-state index in [-0.39, 0.29) is 17.6 Å². The van der Waals surface area contributed by atoms with E-state index in [4.69, 9.17) is 11.0 Å². The molecule has 2 aliphatic heterocycles. The molecule has 1 radical (unpaired) electrons. The SMILES string of the molecule is [2H]C1([2H])NC([2H])([2H])C([2H])([2H])N(c2nc(C3=CCN[C]=C3)nc3cncc(C4CC4)c23)C1([2H])[2H]. The Balaban J connectivity index is 1.85. The molecule has 0 bridgehead atoms. The summed E-state index contributed by atoms with van der Waals surface area (Å²) >= 11 is 0. The monoisotopic (exact) mass is 341 g/mol. The Morgan fingerprint density at radius 2 is 2.08 bits per heavy atom. The minimum absolute atomic E-state index is 0.119. The average Bonchev–Trinajstić information content (AvgIpc) is 3.57. The molecule has 0 amide bonds. The molecule has 1 saturated carbocycles. The Morgan fingerprint density at radius 1 is 1.20 bits per heavy atom. The van der Waals surface area contributed by atoms with E-state index in [1.807, 2.05) is 5.32 Å². The van der Waals surface area contributed by atoms with Gasteiger partial charge in [0.1, 0.15) is 5.82 Å². The van der Waals surface area contributed by atoms with Crippen LogP contribution in [0.15, 0.2) is 24.5 Å². The molecule has 0 aromatic carbocycles. The van der Waals surface area contributed by atoms with Crippen LogP contribution in [-0.2, 0) is 0 Å². The predicted octanol–water partition coefficient (Wildman–Crippen LogP) is 1.62. The van der Waals surface area contributed by atoms with E-state index in [9.17, 15) is 0 Å². The van der Waals surface area contributed by atoms with Crippen molar-refractivity contribution in [3.8, 4) is 0 Å². The fourth-order valence-electron chi connectivity index (χ4n) is 2.98. The van der Waals surface area contributed by atoms with Crippen molar-refractivity contribution in [3.63, 3.8) is 0 Å². The maximum Gasteiger partial charge on any atom is 0.162 e. The number of anilines is 1. The summed E-state index contributed by atoms with van der Waals surface area (Å²) in [4.78, 5) is 13.9. The first kappa shape index (κ1) is 8.76. The number of hydrogen-bond acceptors (Lipinski definition) is 6. The lowest BCUT2D eigenvalue weighted by Crippen LogP contribution is -2.44. The van der Waals surface area contributed by atoms with E-state index in [2.05, 4.69) is 26.5 Å². The number of fused-ring (bicyclic) bond motifs is 1. The molecule has 0 atom stereocenters. The molecule has 2 aromatic rings. The summed E-state index contributed by atoms with van der Waals surface area (Å²) in [7, 11) is 0. The molecule has 4 heterocycles. The number of pyridine rings is 1. The highest BCUT2D eigenvalue weighted by molar-refractivity contribution is 5.94. The zero-order chi connectivity index (χ0) is 23.8. The van der Waals surface area contributed by atoms with Gasteiger partial charge < -0.3 is 15.5 Å². The second kappa shape index (κ2) is 6.11. The van der Waals surface area contributed by atoms with Crippen molar-refractivity contribution in [2.75, 3.05) is 37.4 Å². The Labute approximate surface area is 158 Å². The minimum atomic E-state index is -3.00. The maximum atomic E-state index is 8.57. The van der Waals surface area contributed by atoms with Crippen molar-refractivity contribution >= 4 is 22.3 Å². The van der Waals surface area contributed by atoms with Crippen LogP contribution in [0.25, 0.3) is 16.5 Å². The summed E-state index contributed by atoms with van der Waals surface area (Å²) in [5, 5.41) is 5.11. The summed E-state index contributed by atoms with van der Waals surface area (Å²) in [6.07, 6.45) is 11.1. The smallest absolute Gasteiger partial charge is 0.162 e. The van der Waals surface area contributed by atoms with Gasteiger partial charge in [-0.2, -0.15) is 0 Å². The summed E-state index contributed by atoms with van der Waals surface area (Å²) in [5.74, 6) is 0.0674. The molecule has 0 unspecified atom stereocenters. The number of nitrogens with zero attached hydrogens (tertiary/aromatic N) is 4. The highest BCUT2D eigenvalue weighted by Gasteiger charge is 2.29. The first-order chi connectivity index (χ1) is 15.4. The third kappa shape index (κ3) is 2.76. The highest BCUT2D eigenvalue weighted by Crippen LogP contribution is 2.44. The van der Waals surface area contributed by atoms with Crippen LogP contribution in [0.1, 0.15) is 41.1 Å². The van der Waals surface area contributed by atoms with Crippen LogP contribution in [0.5, 0.6) is 0 Å². The minimum Gasteiger partial charge on any atom is -0.380 e. The van der Waals surface area contributed by atoms with Crippen LogP contribution in [0.3, 0.4) is 0 Å². The lowest BCUT2D eigenvalue weighted by molar-refractivity contribution is 0.585. The fourth-order valence-corrected chi connectivity index (χ4v) is 2.98. The number of rotatable bonds is 3. The first-order valence-corrected chi connectivity index (χ1v) is 8.14. The number of nitrogens with one attached hydrogen (secondary N) is 2. The van der Waals surface area contributed by atoms with Gasteiger partial charge in [-0.3, -0.25) is 4.98 Å². The Hall–Kier alpha value is -2.47. The second-order valence-electron chi connectivity index (χ2n) is 6.03. The van der Waals surface area contributed by atoms with E-state index < -0.39 is 26.0 Å². The third-order valence-electron chi connectivity index (χ3n) is 4.32. The van der Waals surface area contributed by atoms with Crippen molar-refractivity contribution in [2.45, 2.75) is 18.8 Å². The van der Waals surface area contributed by atoms with Crippen LogP contribution in [0.2, 0.25) is 0 Å². The molecule has 127 valence electrons. The zero-order valence-corrected chi connectivity index (χ0v) is 13.3. The van der Waals surface area contributed by atoms with Gasteiger partial charge in [0.05, 0.1) is 23.4 Å². The second-order valence-corrected chi connectivity index (χ2v) is 6.03. The van der Waals surface area contributed by atoms with E-state index in [1.165, 1.54) is 6.20 Å². The molecule has 5 rings (SSSR count).